The highest BCUT2D eigenvalue weighted by Gasteiger charge is 2.35. The summed E-state index contributed by atoms with van der Waals surface area (Å²) in [6, 6.07) is 14.4. The molecule has 2 amide bonds. The van der Waals surface area contributed by atoms with Crippen LogP contribution in [0.4, 0.5) is 0 Å². The molecule has 1 aliphatic rings. The van der Waals surface area contributed by atoms with Gasteiger partial charge in [0.15, 0.2) is 5.96 Å². The number of methoxy groups -OCH3 is 2. The molecule has 0 unspecified atom stereocenters. The Morgan fingerprint density at radius 1 is 1.02 bits per heavy atom. The third-order valence-corrected chi connectivity index (χ3v) is 7.16. The van der Waals surface area contributed by atoms with Crippen molar-refractivity contribution in [2.24, 2.45) is 5.73 Å². The number of carbonyl (C=O) groups excluding carboxylic acids is 3. The van der Waals surface area contributed by atoms with Gasteiger partial charge in [0.05, 0.1) is 26.3 Å². The summed E-state index contributed by atoms with van der Waals surface area (Å²) in [5, 5.41) is 16.6. The van der Waals surface area contributed by atoms with Gasteiger partial charge in [0.2, 0.25) is 11.8 Å². The van der Waals surface area contributed by atoms with Crippen molar-refractivity contribution in [3.05, 3.63) is 65.7 Å². The van der Waals surface area contributed by atoms with E-state index in [1.807, 2.05) is 61.5 Å². The minimum atomic E-state index is -1.07. The van der Waals surface area contributed by atoms with Crippen LogP contribution in [0.25, 0.3) is 0 Å². The average molecular weight is 583 g/mol. The lowest BCUT2D eigenvalue weighted by Crippen LogP contribution is -2.58. The first-order chi connectivity index (χ1) is 20.2. The molecule has 2 aromatic rings. The van der Waals surface area contributed by atoms with Gasteiger partial charge in [0.1, 0.15) is 17.9 Å². The van der Waals surface area contributed by atoms with Gasteiger partial charge in [-0.15, -0.1) is 0 Å². The number of esters is 1. The first-order valence-electron chi connectivity index (χ1n) is 14.0. The van der Waals surface area contributed by atoms with Crippen LogP contribution in [0.1, 0.15) is 37.0 Å². The molecule has 42 heavy (non-hydrogen) atoms. The lowest BCUT2D eigenvalue weighted by Gasteiger charge is -2.34. The number of benzene rings is 2. The molecular formula is C30H42N6O6. The number of nitrogens with one attached hydrogen (secondary N) is 4. The molecule has 1 heterocycles. The molecule has 1 fully saturated rings. The summed E-state index contributed by atoms with van der Waals surface area (Å²) in [5.41, 5.74) is 7.17. The predicted molar refractivity (Wildman–Crippen MR) is 158 cm³/mol. The standard InChI is InChI=1S/C30H42N6O6/c1-4-42-23-12-10-20(11-13-23)18-24(33-19-25(37)40-2)28(38)35-26(27(41-3)21-8-6-5-7-9-21)29(39)34-22-14-16-36(17-15-22)30(31)32/h5-13,22,24,26-27,33H,4,14-19H2,1-3H3,(H3,31,32)(H,34,39)(H,35,38)/t24-,26+,27+/m1/s1. The van der Waals surface area contributed by atoms with Gasteiger partial charge in [-0.05, 0) is 49.4 Å². The van der Waals surface area contributed by atoms with E-state index in [4.69, 9.17) is 25.4 Å². The minimum absolute atomic E-state index is 0.00599. The summed E-state index contributed by atoms with van der Waals surface area (Å²) >= 11 is 0. The van der Waals surface area contributed by atoms with Crippen molar-refractivity contribution in [1.29, 1.82) is 5.41 Å². The second-order valence-corrected chi connectivity index (χ2v) is 10.00. The van der Waals surface area contributed by atoms with Gasteiger partial charge in [0.25, 0.3) is 0 Å². The number of likely N-dealkylation sites (tertiary alicyclic amines) is 1. The molecule has 2 aromatic carbocycles. The Morgan fingerprint density at radius 2 is 1.69 bits per heavy atom. The SMILES string of the molecule is CCOc1ccc(C[C@@H](NCC(=O)OC)C(=O)N[C@H](C(=O)NC2CCN(C(=N)N)CC2)[C@@H](OC)c2ccccc2)cc1. The van der Waals surface area contributed by atoms with Gasteiger partial charge in [-0.2, -0.15) is 0 Å². The molecule has 12 heteroatoms. The van der Waals surface area contributed by atoms with Crippen molar-refractivity contribution in [1.82, 2.24) is 20.9 Å². The molecule has 228 valence electrons. The summed E-state index contributed by atoms with van der Waals surface area (Å²) in [6.45, 7) is 3.34. The van der Waals surface area contributed by atoms with Crippen LogP contribution < -0.4 is 26.4 Å². The molecule has 1 saturated heterocycles. The maximum atomic E-state index is 13.8. The van der Waals surface area contributed by atoms with Crippen molar-refractivity contribution in [3.63, 3.8) is 0 Å². The molecule has 0 spiro atoms. The fourth-order valence-corrected chi connectivity index (χ4v) is 4.86. The van der Waals surface area contributed by atoms with E-state index in [1.165, 1.54) is 14.2 Å². The van der Waals surface area contributed by atoms with Crippen LogP contribution in [-0.4, -0.2) is 87.2 Å². The maximum Gasteiger partial charge on any atom is 0.319 e. The zero-order chi connectivity index (χ0) is 30.5. The molecular weight excluding hydrogens is 540 g/mol. The van der Waals surface area contributed by atoms with Crippen LogP contribution in [0, 0.1) is 5.41 Å². The molecule has 0 radical (unpaired) electrons. The number of ether oxygens (including phenoxy) is 3. The van der Waals surface area contributed by atoms with Crippen LogP contribution in [0.5, 0.6) is 5.75 Å². The fraction of sp³-hybridized carbons (Fsp3) is 0.467. The van der Waals surface area contributed by atoms with Crippen molar-refractivity contribution in [3.8, 4) is 5.75 Å². The van der Waals surface area contributed by atoms with Gasteiger partial charge < -0.3 is 35.5 Å². The lowest BCUT2D eigenvalue weighted by atomic mass is 9.98. The van der Waals surface area contributed by atoms with E-state index < -0.39 is 36.0 Å². The first-order valence-corrected chi connectivity index (χ1v) is 14.0. The molecule has 3 rings (SSSR count). The Morgan fingerprint density at radius 3 is 2.26 bits per heavy atom. The molecule has 0 aromatic heterocycles. The second-order valence-electron chi connectivity index (χ2n) is 10.00. The highest BCUT2D eigenvalue weighted by atomic mass is 16.5. The Balaban J connectivity index is 1.82. The van der Waals surface area contributed by atoms with Gasteiger partial charge in [-0.3, -0.25) is 25.1 Å². The predicted octanol–water partition coefficient (Wildman–Crippen LogP) is 1.11. The Labute approximate surface area is 246 Å². The minimum Gasteiger partial charge on any atom is -0.494 e. The molecule has 0 saturated carbocycles. The van der Waals surface area contributed by atoms with Crippen LogP contribution in [-0.2, 0) is 30.3 Å². The van der Waals surface area contributed by atoms with E-state index in [9.17, 15) is 14.4 Å². The number of hydrogen-bond acceptors (Lipinski definition) is 8. The maximum absolute atomic E-state index is 13.8. The van der Waals surface area contributed by atoms with E-state index in [1.54, 1.807) is 4.90 Å². The number of guanidine groups is 1. The number of nitrogens with zero attached hydrogens (tertiary/aromatic N) is 1. The van der Waals surface area contributed by atoms with E-state index in [0.29, 0.717) is 38.3 Å². The number of nitrogens with two attached hydrogens (primary N) is 1. The number of rotatable bonds is 14. The molecule has 3 atom stereocenters. The van der Waals surface area contributed by atoms with Crippen LogP contribution in [0.3, 0.4) is 0 Å². The first kappa shape index (κ1) is 32.4. The molecule has 1 aliphatic heterocycles. The van der Waals surface area contributed by atoms with E-state index in [0.717, 1.165) is 11.1 Å². The number of carbonyl (C=O) groups is 3. The van der Waals surface area contributed by atoms with Crippen LogP contribution in [0.2, 0.25) is 0 Å². The fourth-order valence-electron chi connectivity index (χ4n) is 4.86. The topological polar surface area (TPSA) is 168 Å². The summed E-state index contributed by atoms with van der Waals surface area (Å²) in [5.74, 6) is -0.678. The molecule has 6 N–H and O–H groups in total. The highest BCUT2D eigenvalue weighted by Crippen LogP contribution is 2.22. The van der Waals surface area contributed by atoms with E-state index in [2.05, 4.69) is 16.0 Å². The smallest absolute Gasteiger partial charge is 0.319 e. The van der Waals surface area contributed by atoms with Crippen molar-refractivity contribution in [2.45, 2.75) is 50.4 Å². The van der Waals surface area contributed by atoms with Gasteiger partial charge in [-0.1, -0.05) is 42.5 Å². The lowest BCUT2D eigenvalue weighted by molar-refractivity contribution is -0.140. The summed E-state index contributed by atoms with van der Waals surface area (Å²) < 4.78 is 16.0. The van der Waals surface area contributed by atoms with Gasteiger partial charge in [-0.25, -0.2) is 0 Å². The number of amides is 2. The van der Waals surface area contributed by atoms with Gasteiger partial charge in [0, 0.05) is 26.2 Å². The Hall–Kier alpha value is -4.16. The van der Waals surface area contributed by atoms with E-state index in [-0.39, 0.29) is 25.0 Å². The van der Waals surface area contributed by atoms with Crippen molar-refractivity contribution < 1.29 is 28.6 Å². The third kappa shape index (κ3) is 9.45. The van der Waals surface area contributed by atoms with Crippen molar-refractivity contribution >= 4 is 23.7 Å². The van der Waals surface area contributed by atoms with E-state index >= 15 is 0 Å². The molecule has 0 aliphatic carbocycles. The summed E-state index contributed by atoms with van der Waals surface area (Å²) in [7, 11) is 2.76. The van der Waals surface area contributed by atoms with Crippen molar-refractivity contribution in [2.75, 3.05) is 40.5 Å². The number of hydrogen-bond donors (Lipinski definition) is 5. The Bertz CT molecular complexity index is 1170. The summed E-state index contributed by atoms with van der Waals surface area (Å²) in [4.78, 5) is 41.2. The average Bonchev–Trinajstić information content (AvgIpc) is 3.00. The summed E-state index contributed by atoms with van der Waals surface area (Å²) in [6.07, 6.45) is 0.682. The van der Waals surface area contributed by atoms with Gasteiger partial charge >= 0.3 is 5.97 Å². The quantitative estimate of drug-likeness (QED) is 0.124. The highest BCUT2D eigenvalue weighted by molar-refractivity contribution is 5.91. The third-order valence-electron chi connectivity index (χ3n) is 7.16. The van der Waals surface area contributed by atoms with Crippen LogP contribution in [0.15, 0.2) is 54.6 Å². The zero-order valence-corrected chi connectivity index (χ0v) is 24.4. The Kier molecular flexibility index (Phi) is 12.6. The van der Waals surface area contributed by atoms with Crippen LogP contribution >= 0.6 is 0 Å². The molecule has 12 nitrogen and oxygen atoms in total. The second kappa shape index (κ2) is 16.3. The zero-order valence-electron chi connectivity index (χ0n) is 24.4. The molecule has 0 bridgehead atoms. The number of piperidine rings is 1. The normalized spacial score (nSPS) is 15.6. The largest absolute Gasteiger partial charge is 0.494 e. The monoisotopic (exact) mass is 582 g/mol.